The number of nitro benzene ring substituents is 1. The summed E-state index contributed by atoms with van der Waals surface area (Å²) in [4.78, 5) is 24.3. The molecule has 0 aromatic heterocycles. The van der Waals surface area contributed by atoms with E-state index in [0.717, 1.165) is 12.0 Å². The number of hydrogen-bond acceptors (Lipinski definition) is 4. The standard InChI is InChI=1S/C15H18N2O4/c1-15(2)11-6-5-9(17(20)21)8-10(11)13(14(15)19)16-7-3-4-12(16)18/h5-6,8,13-14,19H,3-4,7H2,1-2H3/t13-,14-/m1/s1. The lowest BCUT2D eigenvalue weighted by Gasteiger charge is -2.32. The first-order valence-electron chi connectivity index (χ1n) is 7.10. The highest BCUT2D eigenvalue weighted by atomic mass is 16.6. The number of carbonyl (C=O) groups is 1. The van der Waals surface area contributed by atoms with Crippen molar-refractivity contribution in [2.24, 2.45) is 0 Å². The van der Waals surface area contributed by atoms with Crippen LogP contribution in [-0.2, 0) is 10.2 Å². The third-order valence-corrected chi connectivity index (χ3v) is 4.74. The van der Waals surface area contributed by atoms with E-state index in [9.17, 15) is 20.0 Å². The van der Waals surface area contributed by atoms with E-state index in [2.05, 4.69) is 0 Å². The number of nitro groups is 1. The van der Waals surface area contributed by atoms with Crippen molar-refractivity contribution in [3.63, 3.8) is 0 Å². The Morgan fingerprint density at radius 3 is 2.71 bits per heavy atom. The van der Waals surface area contributed by atoms with E-state index in [4.69, 9.17) is 0 Å². The number of benzene rings is 1. The molecule has 0 spiro atoms. The zero-order chi connectivity index (χ0) is 15.4. The Balaban J connectivity index is 2.13. The number of carbonyl (C=O) groups excluding carboxylic acids is 1. The fraction of sp³-hybridized carbons (Fsp3) is 0.533. The quantitative estimate of drug-likeness (QED) is 0.666. The SMILES string of the molecule is CC1(C)c2ccc([N+](=O)[O-])cc2[C@@H](N2CCCC2=O)[C@H]1O. The molecule has 1 N–H and O–H groups in total. The molecule has 0 unspecified atom stereocenters. The van der Waals surface area contributed by atoms with Gasteiger partial charge in [-0.3, -0.25) is 14.9 Å². The van der Waals surface area contributed by atoms with Crippen LogP contribution in [0.3, 0.4) is 0 Å². The van der Waals surface area contributed by atoms with Crippen molar-refractivity contribution < 1.29 is 14.8 Å². The average Bonchev–Trinajstić information content (AvgIpc) is 2.91. The van der Waals surface area contributed by atoms with Crippen molar-refractivity contribution in [3.8, 4) is 0 Å². The highest BCUT2D eigenvalue weighted by molar-refractivity contribution is 5.79. The van der Waals surface area contributed by atoms with Gasteiger partial charge in [0.1, 0.15) is 0 Å². The van der Waals surface area contributed by atoms with E-state index in [-0.39, 0.29) is 11.6 Å². The molecule has 1 aliphatic heterocycles. The Kier molecular flexibility index (Phi) is 3.02. The summed E-state index contributed by atoms with van der Waals surface area (Å²) in [6.45, 7) is 4.41. The van der Waals surface area contributed by atoms with Crippen LogP contribution < -0.4 is 0 Å². The normalized spacial score (nSPS) is 27.0. The van der Waals surface area contributed by atoms with Gasteiger partial charge in [0.2, 0.25) is 5.91 Å². The molecule has 2 aliphatic rings. The molecule has 1 fully saturated rings. The molecular weight excluding hydrogens is 272 g/mol. The second-order valence-electron chi connectivity index (χ2n) is 6.33. The Morgan fingerprint density at radius 2 is 2.14 bits per heavy atom. The Bertz CT molecular complexity index is 626. The van der Waals surface area contributed by atoms with Gasteiger partial charge in [-0.1, -0.05) is 19.9 Å². The number of hydrogen-bond donors (Lipinski definition) is 1. The average molecular weight is 290 g/mol. The minimum absolute atomic E-state index is 0.00436. The molecule has 6 heteroatoms. The molecular formula is C15H18N2O4. The van der Waals surface area contributed by atoms with Crippen LogP contribution in [0.4, 0.5) is 5.69 Å². The lowest BCUT2D eigenvalue weighted by atomic mass is 9.84. The molecule has 0 saturated carbocycles. The van der Waals surface area contributed by atoms with Gasteiger partial charge in [-0.15, -0.1) is 0 Å². The Morgan fingerprint density at radius 1 is 1.43 bits per heavy atom. The van der Waals surface area contributed by atoms with Gasteiger partial charge in [0.15, 0.2) is 0 Å². The molecule has 1 aliphatic carbocycles. The number of aliphatic hydroxyl groups is 1. The summed E-state index contributed by atoms with van der Waals surface area (Å²) in [5.41, 5.74) is 1.05. The first-order valence-corrected chi connectivity index (χ1v) is 7.10. The van der Waals surface area contributed by atoms with E-state index in [0.29, 0.717) is 18.5 Å². The summed E-state index contributed by atoms with van der Waals surface area (Å²) in [6.07, 6.45) is 0.497. The maximum Gasteiger partial charge on any atom is 0.269 e. The molecule has 3 rings (SSSR count). The van der Waals surface area contributed by atoms with E-state index in [1.807, 2.05) is 13.8 Å². The van der Waals surface area contributed by atoms with Gasteiger partial charge in [-0.25, -0.2) is 0 Å². The summed E-state index contributed by atoms with van der Waals surface area (Å²) < 4.78 is 0. The Hall–Kier alpha value is -1.95. The molecule has 0 radical (unpaired) electrons. The summed E-state index contributed by atoms with van der Waals surface area (Å²) in [5, 5.41) is 21.7. The van der Waals surface area contributed by atoms with Gasteiger partial charge in [0.05, 0.1) is 17.1 Å². The minimum atomic E-state index is -0.753. The van der Waals surface area contributed by atoms with Gasteiger partial charge < -0.3 is 10.0 Å². The highest BCUT2D eigenvalue weighted by Gasteiger charge is 2.50. The zero-order valence-corrected chi connectivity index (χ0v) is 12.1. The first-order chi connectivity index (χ1) is 9.84. The van der Waals surface area contributed by atoms with Gasteiger partial charge >= 0.3 is 0 Å². The van der Waals surface area contributed by atoms with Crippen molar-refractivity contribution in [3.05, 3.63) is 39.4 Å². The number of fused-ring (bicyclic) bond motifs is 1. The maximum atomic E-state index is 12.0. The molecule has 1 heterocycles. The fourth-order valence-electron chi connectivity index (χ4n) is 3.52. The van der Waals surface area contributed by atoms with Gasteiger partial charge in [-0.2, -0.15) is 0 Å². The molecule has 1 saturated heterocycles. The van der Waals surface area contributed by atoms with Crippen molar-refractivity contribution in [1.29, 1.82) is 0 Å². The van der Waals surface area contributed by atoms with Crippen LogP contribution in [0.5, 0.6) is 0 Å². The molecule has 21 heavy (non-hydrogen) atoms. The second-order valence-corrected chi connectivity index (χ2v) is 6.33. The van der Waals surface area contributed by atoms with Crippen LogP contribution in [0, 0.1) is 10.1 Å². The number of rotatable bonds is 2. The van der Waals surface area contributed by atoms with Crippen LogP contribution in [0.2, 0.25) is 0 Å². The van der Waals surface area contributed by atoms with E-state index in [1.165, 1.54) is 12.1 Å². The summed E-state index contributed by atoms with van der Waals surface area (Å²) in [7, 11) is 0. The monoisotopic (exact) mass is 290 g/mol. The van der Waals surface area contributed by atoms with Gasteiger partial charge in [0.25, 0.3) is 5.69 Å². The number of likely N-dealkylation sites (tertiary alicyclic amines) is 1. The van der Waals surface area contributed by atoms with Crippen LogP contribution in [0.1, 0.15) is 43.9 Å². The summed E-state index contributed by atoms with van der Waals surface area (Å²) in [6, 6.07) is 4.19. The molecule has 0 bridgehead atoms. The van der Waals surface area contributed by atoms with Crippen molar-refractivity contribution >= 4 is 11.6 Å². The molecule has 112 valence electrons. The molecule has 1 amide bonds. The zero-order valence-electron chi connectivity index (χ0n) is 12.1. The minimum Gasteiger partial charge on any atom is -0.390 e. The molecule has 2 atom stereocenters. The largest absolute Gasteiger partial charge is 0.390 e. The fourth-order valence-corrected chi connectivity index (χ4v) is 3.52. The summed E-state index contributed by atoms with van der Waals surface area (Å²) in [5.74, 6) is 0.00852. The van der Waals surface area contributed by atoms with Crippen molar-refractivity contribution in [2.75, 3.05) is 6.54 Å². The molecule has 6 nitrogen and oxygen atoms in total. The first kappa shape index (κ1) is 14.0. The summed E-state index contributed by atoms with van der Waals surface area (Å²) >= 11 is 0. The third kappa shape index (κ3) is 1.93. The lowest BCUT2D eigenvalue weighted by Crippen LogP contribution is -2.40. The van der Waals surface area contributed by atoms with Crippen LogP contribution in [0.15, 0.2) is 18.2 Å². The van der Waals surface area contributed by atoms with Crippen LogP contribution in [-0.4, -0.2) is 33.5 Å². The van der Waals surface area contributed by atoms with Crippen molar-refractivity contribution in [1.82, 2.24) is 4.90 Å². The van der Waals surface area contributed by atoms with E-state index in [1.54, 1.807) is 11.0 Å². The third-order valence-electron chi connectivity index (χ3n) is 4.74. The van der Waals surface area contributed by atoms with E-state index < -0.39 is 22.5 Å². The Labute approximate surface area is 122 Å². The topological polar surface area (TPSA) is 83.7 Å². The van der Waals surface area contributed by atoms with Crippen LogP contribution >= 0.6 is 0 Å². The number of amides is 1. The highest BCUT2D eigenvalue weighted by Crippen LogP contribution is 2.49. The van der Waals surface area contributed by atoms with Crippen LogP contribution in [0.25, 0.3) is 0 Å². The van der Waals surface area contributed by atoms with Crippen molar-refractivity contribution in [2.45, 2.75) is 44.2 Å². The number of non-ortho nitro benzene ring substituents is 1. The smallest absolute Gasteiger partial charge is 0.269 e. The van der Waals surface area contributed by atoms with E-state index >= 15 is 0 Å². The lowest BCUT2D eigenvalue weighted by molar-refractivity contribution is -0.385. The predicted octanol–water partition coefficient (Wildman–Crippen LogP) is 1.91. The van der Waals surface area contributed by atoms with Gasteiger partial charge in [-0.05, 0) is 17.5 Å². The molecule has 1 aromatic rings. The van der Waals surface area contributed by atoms with Gasteiger partial charge in [0, 0.05) is 30.5 Å². The number of aliphatic hydroxyl groups excluding tert-OH is 1. The molecule has 1 aromatic carbocycles. The second kappa shape index (κ2) is 4.53. The number of nitrogens with zero attached hydrogens (tertiary/aromatic N) is 2. The maximum absolute atomic E-state index is 12.0. The predicted molar refractivity (Wildman–Crippen MR) is 75.8 cm³/mol.